The van der Waals surface area contributed by atoms with Gasteiger partial charge in [-0.25, -0.2) is 4.90 Å². The molecule has 1 aliphatic heterocycles. The first kappa shape index (κ1) is 9.51. The zero-order valence-corrected chi connectivity index (χ0v) is 6.36. The molecule has 70 valence electrons. The van der Waals surface area contributed by atoms with Crippen LogP contribution >= 0.6 is 0 Å². The third kappa shape index (κ3) is 2.20. The SMILES string of the molecule is FC(F)=CC(F)(F)N1CCCC1. The lowest BCUT2D eigenvalue weighted by molar-refractivity contribution is -0.0935. The Morgan fingerprint density at radius 1 is 1.17 bits per heavy atom. The van der Waals surface area contributed by atoms with Crippen molar-refractivity contribution in [2.75, 3.05) is 13.1 Å². The van der Waals surface area contributed by atoms with Crippen molar-refractivity contribution in [2.24, 2.45) is 0 Å². The summed E-state index contributed by atoms with van der Waals surface area (Å²) in [5.74, 6) is 0. The van der Waals surface area contributed by atoms with Gasteiger partial charge in [0, 0.05) is 13.1 Å². The van der Waals surface area contributed by atoms with Crippen molar-refractivity contribution in [3.05, 3.63) is 12.2 Å². The first-order valence-electron chi connectivity index (χ1n) is 3.69. The lowest BCUT2D eigenvalue weighted by Gasteiger charge is -2.22. The Balaban J connectivity index is 2.63. The lowest BCUT2D eigenvalue weighted by Crippen LogP contribution is -2.37. The Labute approximate surface area is 67.7 Å². The molecule has 0 saturated carbocycles. The minimum atomic E-state index is -3.48. The number of alkyl halides is 2. The van der Waals surface area contributed by atoms with Gasteiger partial charge in [-0.1, -0.05) is 0 Å². The van der Waals surface area contributed by atoms with E-state index >= 15 is 0 Å². The first-order valence-corrected chi connectivity index (χ1v) is 3.69. The summed E-state index contributed by atoms with van der Waals surface area (Å²) in [5.41, 5.74) is 0. The molecular weight excluding hydrogens is 174 g/mol. The fourth-order valence-electron chi connectivity index (χ4n) is 1.24. The summed E-state index contributed by atoms with van der Waals surface area (Å²) in [6.45, 7) is 0.383. The van der Waals surface area contributed by atoms with Crippen LogP contribution in [-0.4, -0.2) is 24.0 Å². The Morgan fingerprint density at radius 3 is 2.08 bits per heavy atom. The molecule has 0 amide bonds. The van der Waals surface area contributed by atoms with Crippen molar-refractivity contribution in [2.45, 2.75) is 18.9 Å². The molecule has 0 atom stereocenters. The van der Waals surface area contributed by atoms with Gasteiger partial charge in [-0.3, -0.25) is 0 Å². The molecule has 1 heterocycles. The van der Waals surface area contributed by atoms with E-state index in [-0.39, 0.29) is 19.2 Å². The summed E-state index contributed by atoms with van der Waals surface area (Å²) < 4.78 is 48.6. The minimum Gasteiger partial charge on any atom is -0.241 e. The topological polar surface area (TPSA) is 3.24 Å². The molecule has 0 aliphatic carbocycles. The number of nitrogens with zero attached hydrogens (tertiary/aromatic N) is 1. The van der Waals surface area contributed by atoms with Gasteiger partial charge >= 0.3 is 6.05 Å². The molecule has 12 heavy (non-hydrogen) atoms. The highest BCUT2D eigenvalue weighted by Gasteiger charge is 2.37. The van der Waals surface area contributed by atoms with Crippen molar-refractivity contribution in [1.82, 2.24) is 4.90 Å². The Morgan fingerprint density at radius 2 is 1.67 bits per heavy atom. The predicted molar refractivity (Wildman–Crippen MR) is 36.1 cm³/mol. The molecule has 0 bridgehead atoms. The molecule has 1 nitrogen and oxygen atoms in total. The van der Waals surface area contributed by atoms with Crippen molar-refractivity contribution in [3.8, 4) is 0 Å². The van der Waals surface area contributed by atoms with Gasteiger partial charge in [0.1, 0.15) is 0 Å². The van der Waals surface area contributed by atoms with E-state index in [0.29, 0.717) is 12.8 Å². The van der Waals surface area contributed by atoms with E-state index in [4.69, 9.17) is 0 Å². The summed E-state index contributed by atoms with van der Waals surface area (Å²) in [7, 11) is 0. The van der Waals surface area contributed by atoms with Gasteiger partial charge in [0.25, 0.3) is 6.08 Å². The highest BCUT2D eigenvalue weighted by molar-refractivity contribution is 4.95. The molecule has 1 aliphatic rings. The largest absolute Gasteiger partial charge is 0.330 e. The second kappa shape index (κ2) is 3.43. The monoisotopic (exact) mass is 183 g/mol. The van der Waals surface area contributed by atoms with Gasteiger partial charge < -0.3 is 0 Å². The maximum absolute atomic E-state index is 12.7. The number of rotatable bonds is 2. The van der Waals surface area contributed by atoms with Crippen molar-refractivity contribution >= 4 is 0 Å². The molecule has 1 fully saturated rings. The van der Waals surface area contributed by atoms with E-state index in [9.17, 15) is 17.6 Å². The summed E-state index contributed by atoms with van der Waals surface area (Å²) >= 11 is 0. The third-order valence-corrected chi connectivity index (χ3v) is 1.81. The fourth-order valence-corrected chi connectivity index (χ4v) is 1.24. The van der Waals surface area contributed by atoms with E-state index in [0.717, 1.165) is 4.90 Å². The number of halogens is 4. The van der Waals surface area contributed by atoms with Gasteiger partial charge in [-0.05, 0) is 12.8 Å². The lowest BCUT2D eigenvalue weighted by atomic mass is 10.4. The van der Waals surface area contributed by atoms with Crippen LogP contribution in [0.15, 0.2) is 12.2 Å². The quantitative estimate of drug-likeness (QED) is 0.469. The molecule has 5 heteroatoms. The molecule has 0 radical (unpaired) electrons. The van der Waals surface area contributed by atoms with E-state index < -0.39 is 12.1 Å². The summed E-state index contributed by atoms with van der Waals surface area (Å²) in [5, 5.41) is 0. The number of hydrogen-bond acceptors (Lipinski definition) is 1. The second-order valence-electron chi connectivity index (χ2n) is 2.72. The van der Waals surface area contributed by atoms with Gasteiger partial charge in [-0.2, -0.15) is 17.6 Å². The highest BCUT2D eigenvalue weighted by atomic mass is 19.3. The van der Waals surface area contributed by atoms with Crippen molar-refractivity contribution in [3.63, 3.8) is 0 Å². The zero-order chi connectivity index (χ0) is 9.19. The Bertz CT molecular complexity index is 180. The normalized spacial score (nSPS) is 19.7. The van der Waals surface area contributed by atoms with Crippen LogP contribution in [0.2, 0.25) is 0 Å². The Hall–Kier alpha value is -0.580. The fraction of sp³-hybridized carbons (Fsp3) is 0.714. The van der Waals surface area contributed by atoms with Gasteiger partial charge in [0.05, 0.1) is 6.08 Å². The van der Waals surface area contributed by atoms with Gasteiger partial charge in [0.2, 0.25) is 0 Å². The molecule has 0 spiro atoms. The molecule has 0 aromatic carbocycles. The zero-order valence-electron chi connectivity index (χ0n) is 6.36. The van der Waals surface area contributed by atoms with Crippen molar-refractivity contribution < 1.29 is 17.6 Å². The van der Waals surface area contributed by atoms with Crippen LogP contribution < -0.4 is 0 Å². The second-order valence-corrected chi connectivity index (χ2v) is 2.72. The van der Waals surface area contributed by atoms with E-state index in [1.165, 1.54) is 0 Å². The third-order valence-electron chi connectivity index (χ3n) is 1.81. The smallest absolute Gasteiger partial charge is 0.241 e. The summed E-state index contributed by atoms with van der Waals surface area (Å²) in [4.78, 5) is 0.756. The van der Waals surface area contributed by atoms with E-state index in [1.54, 1.807) is 0 Å². The van der Waals surface area contributed by atoms with Crippen LogP contribution in [-0.2, 0) is 0 Å². The van der Waals surface area contributed by atoms with E-state index in [1.807, 2.05) is 0 Å². The minimum absolute atomic E-state index is 0.191. The number of likely N-dealkylation sites (tertiary alicyclic amines) is 1. The molecule has 0 unspecified atom stereocenters. The first-order chi connectivity index (χ1) is 5.52. The van der Waals surface area contributed by atoms with Gasteiger partial charge in [0.15, 0.2) is 0 Å². The maximum atomic E-state index is 12.7. The average molecular weight is 183 g/mol. The number of hydrogen-bond donors (Lipinski definition) is 0. The molecule has 0 N–H and O–H groups in total. The molecule has 1 saturated heterocycles. The van der Waals surface area contributed by atoms with Crippen LogP contribution in [0.5, 0.6) is 0 Å². The molecule has 1 rings (SSSR count). The van der Waals surface area contributed by atoms with Crippen LogP contribution in [0.4, 0.5) is 17.6 Å². The van der Waals surface area contributed by atoms with Gasteiger partial charge in [-0.15, -0.1) is 0 Å². The summed E-state index contributed by atoms with van der Waals surface area (Å²) in [6.07, 6.45) is -1.32. The molecule has 0 aromatic rings. The highest BCUT2D eigenvalue weighted by Crippen LogP contribution is 2.27. The average Bonchev–Trinajstić information content (AvgIpc) is 2.32. The predicted octanol–water partition coefficient (Wildman–Crippen LogP) is 2.46. The van der Waals surface area contributed by atoms with Crippen LogP contribution in [0.1, 0.15) is 12.8 Å². The summed E-state index contributed by atoms with van der Waals surface area (Å²) in [6, 6.07) is -3.48. The maximum Gasteiger partial charge on any atom is 0.330 e. The Kier molecular flexibility index (Phi) is 2.72. The standard InChI is InChI=1S/C7H9F4N/c8-6(9)5-7(10,11)12-3-1-2-4-12/h5H,1-4H2. The van der Waals surface area contributed by atoms with Crippen LogP contribution in [0.3, 0.4) is 0 Å². The van der Waals surface area contributed by atoms with Crippen molar-refractivity contribution in [1.29, 1.82) is 0 Å². The molecular formula is C7H9F4N. The van der Waals surface area contributed by atoms with Crippen LogP contribution in [0.25, 0.3) is 0 Å². The van der Waals surface area contributed by atoms with E-state index in [2.05, 4.69) is 0 Å². The molecule has 0 aromatic heterocycles. The van der Waals surface area contributed by atoms with Crippen LogP contribution in [0, 0.1) is 0 Å².